The lowest BCUT2D eigenvalue weighted by Gasteiger charge is -2.39. The minimum absolute atomic E-state index is 0.243. The highest BCUT2D eigenvalue weighted by Crippen LogP contribution is 2.44. The van der Waals surface area contributed by atoms with Crippen molar-refractivity contribution < 1.29 is 5.11 Å². The van der Waals surface area contributed by atoms with Crippen LogP contribution in [0.3, 0.4) is 0 Å². The molecule has 1 N–H and O–H groups in total. The van der Waals surface area contributed by atoms with Gasteiger partial charge in [0.15, 0.2) is 0 Å². The van der Waals surface area contributed by atoms with Crippen LogP contribution in [0.1, 0.15) is 42.5 Å². The number of aliphatic hydroxyl groups excluding tert-OH is 1. The summed E-state index contributed by atoms with van der Waals surface area (Å²) in [5.74, 6) is 0.525. The number of benzene rings is 2. The molecule has 1 fully saturated rings. The van der Waals surface area contributed by atoms with Crippen molar-refractivity contribution in [2.75, 3.05) is 39.3 Å². The SMILES string of the molecule is CC(C)c1ccc2c(c1)C(N1CCN(CCO)CC1)Cc1cc(Cl)ccc1S2. The number of halogens is 1. The van der Waals surface area contributed by atoms with Crippen molar-refractivity contribution in [3.8, 4) is 0 Å². The zero-order valence-corrected chi connectivity index (χ0v) is 18.3. The zero-order valence-electron chi connectivity index (χ0n) is 16.7. The predicted octanol–water partition coefficient (Wildman–Crippen LogP) is 4.82. The Hall–Kier alpha value is -1.04. The van der Waals surface area contributed by atoms with E-state index in [2.05, 4.69) is 54.0 Å². The van der Waals surface area contributed by atoms with Crippen LogP contribution in [0.2, 0.25) is 5.02 Å². The van der Waals surface area contributed by atoms with Crippen molar-refractivity contribution in [2.45, 2.75) is 42.0 Å². The summed E-state index contributed by atoms with van der Waals surface area (Å²) < 4.78 is 0. The molecule has 1 atom stereocenters. The second-order valence-corrected chi connectivity index (χ2v) is 9.65. The topological polar surface area (TPSA) is 26.7 Å². The molecule has 0 radical (unpaired) electrons. The summed E-state index contributed by atoms with van der Waals surface area (Å²) in [6.45, 7) is 9.67. The second-order valence-electron chi connectivity index (χ2n) is 8.13. The Morgan fingerprint density at radius 3 is 2.54 bits per heavy atom. The Labute approximate surface area is 177 Å². The molecule has 1 saturated heterocycles. The quantitative estimate of drug-likeness (QED) is 0.772. The maximum absolute atomic E-state index is 9.25. The Balaban J connectivity index is 1.70. The molecule has 0 amide bonds. The first kappa shape index (κ1) is 20.2. The van der Waals surface area contributed by atoms with E-state index in [9.17, 15) is 5.11 Å². The van der Waals surface area contributed by atoms with Gasteiger partial charge in [-0.1, -0.05) is 49.3 Å². The molecule has 2 aromatic carbocycles. The number of nitrogens with zero attached hydrogens (tertiary/aromatic N) is 2. The van der Waals surface area contributed by atoms with Gasteiger partial charge < -0.3 is 5.11 Å². The van der Waals surface area contributed by atoms with Gasteiger partial charge in [-0.2, -0.15) is 0 Å². The van der Waals surface area contributed by atoms with Crippen molar-refractivity contribution in [3.63, 3.8) is 0 Å². The summed E-state index contributed by atoms with van der Waals surface area (Å²) >= 11 is 8.22. The van der Waals surface area contributed by atoms with Crippen LogP contribution in [0.4, 0.5) is 0 Å². The standard InChI is InChI=1S/C23H29ClN2OS/c1-16(2)17-3-5-23-20(14-17)21(26-9-7-25(8-10-26)11-12-27)15-18-13-19(24)4-6-22(18)28-23/h3-6,13-14,16,21,27H,7-12,15H2,1-2H3. The lowest BCUT2D eigenvalue weighted by atomic mass is 9.93. The van der Waals surface area contributed by atoms with Gasteiger partial charge in [-0.25, -0.2) is 0 Å². The van der Waals surface area contributed by atoms with Crippen molar-refractivity contribution in [1.29, 1.82) is 0 Å². The molecule has 0 saturated carbocycles. The average molecular weight is 417 g/mol. The fraction of sp³-hybridized carbons (Fsp3) is 0.478. The number of hydrogen-bond donors (Lipinski definition) is 1. The first-order valence-corrected chi connectivity index (χ1v) is 11.4. The highest BCUT2D eigenvalue weighted by atomic mass is 35.5. The minimum Gasteiger partial charge on any atom is -0.395 e. The first-order chi connectivity index (χ1) is 13.5. The summed E-state index contributed by atoms with van der Waals surface area (Å²) in [7, 11) is 0. The largest absolute Gasteiger partial charge is 0.395 e. The summed E-state index contributed by atoms with van der Waals surface area (Å²) in [6, 6.07) is 13.7. The molecule has 2 aliphatic rings. The summed E-state index contributed by atoms with van der Waals surface area (Å²) in [6.07, 6.45) is 0.997. The predicted molar refractivity (Wildman–Crippen MR) is 118 cm³/mol. The number of fused-ring (bicyclic) bond motifs is 2. The van der Waals surface area contributed by atoms with Crippen molar-refractivity contribution >= 4 is 23.4 Å². The monoisotopic (exact) mass is 416 g/mol. The third-order valence-corrected chi connectivity index (χ3v) is 7.42. The zero-order chi connectivity index (χ0) is 19.7. The van der Waals surface area contributed by atoms with Crippen LogP contribution in [0.25, 0.3) is 0 Å². The van der Waals surface area contributed by atoms with Crippen LogP contribution < -0.4 is 0 Å². The fourth-order valence-electron chi connectivity index (χ4n) is 4.29. The van der Waals surface area contributed by atoms with Gasteiger partial charge in [-0.15, -0.1) is 0 Å². The van der Waals surface area contributed by atoms with E-state index < -0.39 is 0 Å². The van der Waals surface area contributed by atoms with Gasteiger partial charge in [0.1, 0.15) is 0 Å². The second kappa shape index (κ2) is 8.76. The molecular formula is C23H29ClN2OS. The maximum Gasteiger partial charge on any atom is 0.0558 e. The van der Waals surface area contributed by atoms with Crippen LogP contribution in [-0.2, 0) is 6.42 Å². The molecule has 0 aromatic heterocycles. The molecule has 3 nitrogen and oxygen atoms in total. The number of hydrogen-bond acceptors (Lipinski definition) is 4. The van der Waals surface area contributed by atoms with Crippen molar-refractivity contribution in [1.82, 2.24) is 9.80 Å². The summed E-state index contributed by atoms with van der Waals surface area (Å²) in [5, 5.41) is 10.1. The van der Waals surface area contributed by atoms with E-state index in [1.54, 1.807) is 0 Å². The summed E-state index contributed by atoms with van der Waals surface area (Å²) in [4.78, 5) is 7.68. The van der Waals surface area contributed by atoms with Gasteiger partial charge in [0.2, 0.25) is 0 Å². The Morgan fingerprint density at radius 2 is 1.82 bits per heavy atom. The van der Waals surface area contributed by atoms with E-state index in [0.29, 0.717) is 12.0 Å². The smallest absolute Gasteiger partial charge is 0.0558 e. The van der Waals surface area contributed by atoms with Crippen LogP contribution in [0, 0.1) is 0 Å². The van der Waals surface area contributed by atoms with Crippen LogP contribution in [-0.4, -0.2) is 54.2 Å². The van der Waals surface area contributed by atoms with Crippen LogP contribution in [0.5, 0.6) is 0 Å². The van der Waals surface area contributed by atoms with Gasteiger partial charge in [-0.05, 0) is 53.3 Å². The maximum atomic E-state index is 9.25. The van der Waals surface area contributed by atoms with E-state index in [0.717, 1.165) is 44.2 Å². The Bertz CT molecular complexity index is 833. The Morgan fingerprint density at radius 1 is 1.07 bits per heavy atom. The molecule has 2 heterocycles. The lowest BCUT2D eigenvalue weighted by molar-refractivity contribution is 0.0823. The molecule has 1 unspecified atom stereocenters. The highest BCUT2D eigenvalue weighted by Gasteiger charge is 2.30. The highest BCUT2D eigenvalue weighted by molar-refractivity contribution is 7.99. The van der Waals surface area contributed by atoms with Gasteiger partial charge in [0.05, 0.1) is 6.61 Å². The molecule has 28 heavy (non-hydrogen) atoms. The first-order valence-electron chi connectivity index (χ1n) is 10.2. The number of rotatable bonds is 4. The lowest BCUT2D eigenvalue weighted by Crippen LogP contribution is -2.48. The van der Waals surface area contributed by atoms with Crippen molar-refractivity contribution in [3.05, 3.63) is 58.1 Å². The molecule has 4 rings (SSSR count). The number of aliphatic hydroxyl groups is 1. The third kappa shape index (κ3) is 4.27. The van der Waals surface area contributed by atoms with E-state index in [-0.39, 0.29) is 6.61 Å². The third-order valence-electron chi connectivity index (χ3n) is 5.98. The molecule has 5 heteroatoms. The number of β-amino-alcohol motifs (C(OH)–C–C–N with tert-alkyl or cyclic N) is 1. The number of piperazine rings is 1. The van der Waals surface area contributed by atoms with E-state index in [1.165, 1.54) is 26.5 Å². The van der Waals surface area contributed by atoms with Gasteiger partial charge in [-0.3, -0.25) is 9.80 Å². The molecule has 150 valence electrons. The van der Waals surface area contributed by atoms with Crippen molar-refractivity contribution in [2.24, 2.45) is 0 Å². The van der Waals surface area contributed by atoms with E-state index in [4.69, 9.17) is 11.6 Å². The molecular weight excluding hydrogens is 388 g/mol. The molecule has 0 aliphatic carbocycles. The molecule has 0 bridgehead atoms. The van der Waals surface area contributed by atoms with E-state index in [1.807, 2.05) is 17.8 Å². The van der Waals surface area contributed by atoms with Crippen LogP contribution in [0.15, 0.2) is 46.2 Å². The Kier molecular flexibility index (Phi) is 6.34. The van der Waals surface area contributed by atoms with Crippen LogP contribution >= 0.6 is 23.4 Å². The van der Waals surface area contributed by atoms with Gasteiger partial charge >= 0.3 is 0 Å². The van der Waals surface area contributed by atoms with Gasteiger partial charge in [0.25, 0.3) is 0 Å². The normalized spacial score (nSPS) is 20.7. The molecule has 2 aromatic rings. The van der Waals surface area contributed by atoms with Gasteiger partial charge in [0, 0.05) is 53.6 Å². The average Bonchev–Trinajstić information content (AvgIpc) is 2.84. The molecule has 2 aliphatic heterocycles. The minimum atomic E-state index is 0.243. The molecule has 0 spiro atoms. The fourth-order valence-corrected chi connectivity index (χ4v) is 5.58. The summed E-state index contributed by atoms with van der Waals surface area (Å²) in [5.41, 5.74) is 4.22. The van der Waals surface area contributed by atoms with E-state index >= 15 is 0 Å².